The minimum absolute atomic E-state index is 0.0168. The second-order valence-corrected chi connectivity index (χ2v) is 4.71. The van der Waals surface area contributed by atoms with E-state index in [1.807, 2.05) is 4.90 Å². The maximum Gasteiger partial charge on any atom is 0.228 e. The molecule has 3 heteroatoms. The van der Waals surface area contributed by atoms with Crippen LogP contribution < -0.4 is 5.73 Å². The molecule has 2 aliphatic rings. The largest absolute Gasteiger partial charge is 0.341 e. The van der Waals surface area contributed by atoms with Gasteiger partial charge in [0.1, 0.15) is 0 Å². The molecule has 0 unspecified atom stereocenters. The lowest BCUT2D eigenvalue weighted by molar-refractivity contribution is -0.137. The van der Waals surface area contributed by atoms with E-state index in [0.717, 1.165) is 38.8 Å². The Morgan fingerprint density at radius 2 is 2.23 bits per heavy atom. The van der Waals surface area contributed by atoms with E-state index in [1.54, 1.807) is 0 Å². The number of nitrogens with zero attached hydrogens (tertiary/aromatic N) is 1. The van der Waals surface area contributed by atoms with Crippen molar-refractivity contribution in [1.29, 1.82) is 0 Å². The third-order valence-electron chi connectivity index (χ3n) is 3.26. The normalized spacial score (nSPS) is 31.5. The summed E-state index contributed by atoms with van der Waals surface area (Å²) in [7, 11) is 0. The standard InChI is InChI=1S/C10H18N2O/c1-10(4-5-10)9(13)12-6-2-3-8(11)7-12/h8H,2-7,11H2,1H3/t8-/m1/s1. The average molecular weight is 182 g/mol. The van der Waals surface area contributed by atoms with Crippen molar-refractivity contribution in [3.63, 3.8) is 0 Å². The van der Waals surface area contributed by atoms with Gasteiger partial charge < -0.3 is 10.6 Å². The Kier molecular flexibility index (Phi) is 2.06. The third-order valence-corrected chi connectivity index (χ3v) is 3.26. The topological polar surface area (TPSA) is 46.3 Å². The van der Waals surface area contributed by atoms with Crippen LogP contribution in [0.25, 0.3) is 0 Å². The summed E-state index contributed by atoms with van der Waals surface area (Å²) in [5, 5.41) is 0. The monoisotopic (exact) mass is 182 g/mol. The maximum absolute atomic E-state index is 11.9. The van der Waals surface area contributed by atoms with Gasteiger partial charge in [0, 0.05) is 24.5 Å². The lowest BCUT2D eigenvalue weighted by atomic mass is 10.0. The maximum atomic E-state index is 11.9. The minimum Gasteiger partial charge on any atom is -0.341 e. The second-order valence-electron chi connectivity index (χ2n) is 4.71. The van der Waals surface area contributed by atoms with Gasteiger partial charge in [-0.25, -0.2) is 0 Å². The third kappa shape index (κ3) is 1.70. The molecule has 1 aliphatic carbocycles. The molecule has 1 saturated carbocycles. The summed E-state index contributed by atoms with van der Waals surface area (Å²) >= 11 is 0. The number of amides is 1. The zero-order valence-electron chi connectivity index (χ0n) is 8.25. The number of carbonyl (C=O) groups is 1. The van der Waals surface area contributed by atoms with E-state index in [1.165, 1.54) is 0 Å². The Balaban J connectivity index is 1.96. The number of hydrogen-bond acceptors (Lipinski definition) is 2. The van der Waals surface area contributed by atoms with Gasteiger partial charge in [-0.15, -0.1) is 0 Å². The number of nitrogens with two attached hydrogens (primary N) is 1. The highest BCUT2D eigenvalue weighted by Gasteiger charge is 2.47. The first-order valence-electron chi connectivity index (χ1n) is 5.17. The summed E-state index contributed by atoms with van der Waals surface area (Å²) in [4.78, 5) is 13.9. The first-order valence-corrected chi connectivity index (χ1v) is 5.17. The van der Waals surface area contributed by atoms with Crippen molar-refractivity contribution in [3.8, 4) is 0 Å². The molecule has 13 heavy (non-hydrogen) atoms. The number of rotatable bonds is 1. The van der Waals surface area contributed by atoms with Gasteiger partial charge in [0.25, 0.3) is 0 Å². The summed E-state index contributed by atoms with van der Waals surface area (Å²) in [6.07, 6.45) is 4.28. The molecule has 0 aromatic heterocycles. The molecule has 2 rings (SSSR count). The van der Waals surface area contributed by atoms with Crippen LogP contribution in [0, 0.1) is 5.41 Å². The van der Waals surface area contributed by atoms with E-state index in [2.05, 4.69) is 6.92 Å². The van der Waals surface area contributed by atoms with Gasteiger partial charge in [0.15, 0.2) is 0 Å². The predicted octanol–water partition coefficient (Wildman–Crippen LogP) is 0.736. The summed E-state index contributed by atoms with van der Waals surface area (Å²) in [6, 6.07) is 0.208. The van der Waals surface area contributed by atoms with Crippen LogP contribution in [-0.2, 0) is 4.79 Å². The molecular weight excluding hydrogens is 164 g/mol. The fourth-order valence-corrected chi connectivity index (χ4v) is 1.98. The molecule has 1 aliphatic heterocycles. The SMILES string of the molecule is CC1(C(=O)N2CCC[C@@H](N)C2)CC1. The molecule has 2 N–H and O–H groups in total. The van der Waals surface area contributed by atoms with Crippen molar-refractivity contribution < 1.29 is 4.79 Å². The van der Waals surface area contributed by atoms with Gasteiger partial charge in [0.2, 0.25) is 5.91 Å². The van der Waals surface area contributed by atoms with E-state index in [4.69, 9.17) is 5.73 Å². The Morgan fingerprint density at radius 3 is 2.77 bits per heavy atom. The zero-order chi connectivity index (χ0) is 9.47. The van der Waals surface area contributed by atoms with Crippen LogP contribution in [0.1, 0.15) is 32.6 Å². The molecule has 0 radical (unpaired) electrons. The van der Waals surface area contributed by atoms with Crippen LogP contribution in [0.4, 0.5) is 0 Å². The van der Waals surface area contributed by atoms with Gasteiger partial charge in [-0.3, -0.25) is 4.79 Å². The Bertz CT molecular complexity index is 223. The number of hydrogen-bond donors (Lipinski definition) is 1. The summed E-state index contributed by atoms with van der Waals surface area (Å²) in [6.45, 7) is 3.76. The Labute approximate surface area is 79.3 Å². The molecule has 2 fully saturated rings. The highest BCUT2D eigenvalue weighted by molar-refractivity contribution is 5.85. The van der Waals surface area contributed by atoms with Crippen LogP contribution in [-0.4, -0.2) is 29.9 Å². The van der Waals surface area contributed by atoms with Crippen LogP contribution in [0.15, 0.2) is 0 Å². The molecule has 1 amide bonds. The Morgan fingerprint density at radius 1 is 1.54 bits per heavy atom. The van der Waals surface area contributed by atoms with Crippen molar-refractivity contribution in [1.82, 2.24) is 4.90 Å². The Hall–Kier alpha value is -0.570. The first kappa shape index (κ1) is 9.00. The molecule has 0 spiro atoms. The van der Waals surface area contributed by atoms with Crippen molar-refractivity contribution >= 4 is 5.91 Å². The average Bonchev–Trinajstić information content (AvgIpc) is 2.84. The van der Waals surface area contributed by atoms with Crippen molar-refractivity contribution in [3.05, 3.63) is 0 Å². The lowest BCUT2D eigenvalue weighted by Gasteiger charge is -2.32. The molecule has 0 aromatic carbocycles. The molecule has 0 aromatic rings. The smallest absolute Gasteiger partial charge is 0.228 e. The summed E-state index contributed by atoms with van der Waals surface area (Å²) in [5.41, 5.74) is 5.82. The molecule has 1 saturated heterocycles. The highest BCUT2D eigenvalue weighted by atomic mass is 16.2. The minimum atomic E-state index is -0.0168. The number of likely N-dealkylation sites (tertiary alicyclic amines) is 1. The van der Waals surface area contributed by atoms with Crippen LogP contribution in [0.3, 0.4) is 0 Å². The second kappa shape index (κ2) is 2.98. The fraction of sp³-hybridized carbons (Fsp3) is 0.900. The number of piperidine rings is 1. The first-order chi connectivity index (χ1) is 6.12. The van der Waals surface area contributed by atoms with Gasteiger partial charge >= 0.3 is 0 Å². The molecule has 0 bridgehead atoms. The van der Waals surface area contributed by atoms with Crippen LogP contribution in [0.5, 0.6) is 0 Å². The number of carbonyl (C=O) groups excluding carboxylic acids is 1. The van der Waals surface area contributed by atoms with Gasteiger partial charge in [0.05, 0.1) is 0 Å². The molecule has 1 atom stereocenters. The van der Waals surface area contributed by atoms with E-state index in [0.29, 0.717) is 5.91 Å². The highest BCUT2D eigenvalue weighted by Crippen LogP contribution is 2.46. The summed E-state index contributed by atoms with van der Waals surface area (Å²) in [5.74, 6) is 0.336. The van der Waals surface area contributed by atoms with E-state index >= 15 is 0 Å². The molecular formula is C10H18N2O. The van der Waals surface area contributed by atoms with Gasteiger partial charge in [-0.05, 0) is 25.7 Å². The summed E-state index contributed by atoms with van der Waals surface area (Å²) < 4.78 is 0. The van der Waals surface area contributed by atoms with Gasteiger partial charge in [-0.1, -0.05) is 6.92 Å². The van der Waals surface area contributed by atoms with Gasteiger partial charge in [-0.2, -0.15) is 0 Å². The fourth-order valence-electron chi connectivity index (χ4n) is 1.98. The van der Waals surface area contributed by atoms with E-state index in [9.17, 15) is 4.79 Å². The van der Waals surface area contributed by atoms with E-state index < -0.39 is 0 Å². The lowest BCUT2D eigenvalue weighted by Crippen LogP contribution is -2.47. The predicted molar refractivity (Wildman–Crippen MR) is 51.1 cm³/mol. The molecule has 74 valence electrons. The van der Waals surface area contributed by atoms with Crippen LogP contribution >= 0.6 is 0 Å². The zero-order valence-corrected chi connectivity index (χ0v) is 8.25. The van der Waals surface area contributed by atoms with Crippen molar-refractivity contribution in [2.24, 2.45) is 11.1 Å². The quantitative estimate of drug-likeness (QED) is 0.650. The molecule has 1 heterocycles. The molecule has 3 nitrogen and oxygen atoms in total. The van der Waals surface area contributed by atoms with Crippen molar-refractivity contribution in [2.75, 3.05) is 13.1 Å². The van der Waals surface area contributed by atoms with Crippen molar-refractivity contribution in [2.45, 2.75) is 38.6 Å². The van der Waals surface area contributed by atoms with E-state index in [-0.39, 0.29) is 11.5 Å². The van der Waals surface area contributed by atoms with Crippen LogP contribution in [0.2, 0.25) is 0 Å².